The van der Waals surface area contributed by atoms with Crippen LogP contribution in [0.25, 0.3) is 0 Å². The minimum atomic E-state index is -1.48. The second kappa shape index (κ2) is 6.44. The van der Waals surface area contributed by atoms with Crippen molar-refractivity contribution in [3.63, 3.8) is 0 Å². The maximum absolute atomic E-state index is 14.3. The molecule has 4 unspecified atom stereocenters. The van der Waals surface area contributed by atoms with E-state index < -0.39 is 45.8 Å². The van der Waals surface area contributed by atoms with E-state index in [1.165, 1.54) is 36.4 Å². The van der Waals surface area contributed by atoms with Crippen molar-refractivity contribution in [3.05, 3.63) is 63.5 Å². The Morgan fingerprint density at radius 3 is 2.70 bits per heavy atom. The number of nitro groups is 1. The maximum atomic E-state index is 14.3. The molecule has 33 heavy (non-hydrogen) atoms. The predicted molar refractivity (Wildman–Crippen MR) is 114 cm³/mol. The molecule has 4 atom stereocenters. The van der Waals surface area contributed by atoms with Gasteiger partial charge in [0.1, 0.15) is 11.4 Å². The smallest absolute Gasteiger partial charge is 0.274 e. The van der Waals surface area contributed by atoms with Crippen molar-refractivity contribution in [2.45, 2.75) is 31.3 Å². The Kier molecular flexibility index (Phi) is 3.90. The molecule has 1 N–H and O–H groups in total. The van der Waals surface area contributed by atoms with Crippen LogP contribution in [0.2, 0.25) is 0 Å². The summed E-state index contributed by atoms with van der Waals surface area (Å²) in [7, 11) is 0. The number of nitrogens with zero attached hydrogens (tertiary/aromatic N) is 3. The number of carbonyl (C=O) groups is 3. The van der Waals surface area contributed by atoms with Gasteiger partial charge in [0.25, 0.3) is 5.69 Å². The third kappa shape index (κ3) is 2.31. The average molecular weight is 450 g/mol. The molecule has 0 aromatic heterocycles. The molecule has 0 aliphatic carbocycles. The van der Waals surface area contributed by atoms with Crippen molar-refractivity contribution in [2.24, 2.45) is 11.8 Å². The summed E-state index contributed by atoms with van der Waals surface area (Å²) in [6.45, 7) is 2.08. The summed E-state index contributed by atoms with van der Waals surface area (Å²) in [4.78, 5) is 54.7. The third-order valence-corrected chi connectivity index (χ3v) is 7.60. The van der Waals surface area contributed by atoms with Crippen LogP contribution in [0.4, 0.5) is 21.5 Å². The van der Waals surface area contributed by atoms with E-state index in [2.05, 4.69) is 5.32 Å². The number of benzene rings is 2. The van der Waals surface area contributed by atoms with E-state index in [0.29, 0.717) is 29.8 Å². The van der Waals surface area contributed by atoms with Gasteiger partial charge in [-0.05, 0) is 50.6 Å². The Labute approximate surface area is 187 Å². The van der Waals surface area contributed by atoms with E-state index in [9.17, 15) is 28.9 Å². The molecule has 9 nitrogen and oxygen atoms in total. The molecule has 4 heterocycles. The van der Waals surface area contributed by atoms with Crippen LogP contribution in [0.5, 0.6) is 0 Å². The van der Waals surface area contributed by atoms with E-state index in [0.717, 1.165) is 11.3 Å². The first-order chi connectivity index (χ1) is 15.8. The van der Waals surface area contributed by atoms with E-state index in [1.54, 1.807) is 6.92 Å². The van der Waals surface area contributed by atoms with Crippen molar-refractivity contribution in [1.82, 2.24) is 4.90 Å². The SMILES string of the molecule is Cc1ccc(N2C(=O)C3C4CCCN4C4(C(=O)Nc5ccc(F)cc54)C3C2=O)cc1[N+](=O)[O-]. The number of halogens is 1. The molecular weight excluding hydrogens is 431 g/mol. The number of hydrogen-bond donors (Lipinski definition) is 1. The predicted octanol–water partition coefficient (Wildman–Crippen LogP) is 2.47. The van der Waals surface area contributed by atoms with Gasteiger partial charge in [0.15, 0.2) is 0 Å². The summed E-state index contributed by atoms with van der Waals surface area (Å²) < 4.78 is 14.3. The molecule has 0 radical (unpaired) electrons. The van der Waals surface area contributed by atoms with Crippen molar-refractivity contribution in [2.75, 3.05) is 16.8 Å². The normalized spacial score (nSPS) is 30.1. The van der Waals surface area contributed by atoms with Crippen LogP contribution in [0.3, 0.4) is 0 Å². The molecule has 10 heteroatoms. The van der Waals surface area contributed by atoms with E-state index in [-0.39, 0.29) is 17.4 Å². The van der Waals surface area contributed by atoms with Gasteiger partial charge in [-0.2, -0.15) is 0 Å². The van der Waals surface area contributed by atoms with Gasteiger partial charge in [-0.1, -0.05) is 6.07 Å². The fourth-order valence-electron chi connectivity index (χ4n) is 6.36. The lowest BCUT2D eigenvalue weighted by Gasteiger charge is -2.36. The lowest BCUT2D eigenvalue weighted by atomic mass is 9.75. The molecule has 2 aromatic rings. The van der Waals surface area contributed by atoms with Crippen LogP contribution in [-0.4, -0.2) is 40.1 Å². The number of nitrogens with one attached hydrogen (secondary N) is 1. The van der Waals surface area contributed by atoms with Crippen molar-refractivity contribution >= 4 is 34.8 Å². The van der Waals surface area contributed by atoms with Crippen molar-refractivity contribution < 1.29 is 23.7 Å². The van der Waals surface area contributed by atoms with Crippen LogP contribution in [0, 0.1) is 34.7 Å². The molecule has 4 aliphatic heterocycles. The second-order valence-electron chi connectivity index (χ2n) is 9.06. The number of rotatable bonds is 2. The van der Waals surface area contributed by atoms with Gasteiger partial charge in [-0.25, -0.2) is 9.29 Å². The molecule has 3 saturated heterocycles. The molecule has 3 amide bonds. The Morgan fingerprint density at radius 2 is 1.94 bits per heavy atom. The molecule has 0 saturated carbocycles. The molecule has 2 aromatic carbocycles. The van der Waals surface area contributed by atoms with Gasteiger partial charge >= 0.3 is 0 Å². The summed E-state index contributed by atoms with van der Waals surface area (Å²) in [5.74, 6) is -3.88. The number of amides is 3. The fourth-order valence-corrected chi connectivity index (χ4v) is 6.36. The lowest BCUT2D eigenvalue weighted by Crippen LogP contribution is -2.54. The highest BCUT2D eigenvalue weighted by Gasteiger charge is 2.74. The number of fused-ring (bicyclic) bond motifs is 7. The van der Waals surface area contributed by atoms with Gasteiger partial charge in [0, 0.05) is 28.9 Å². The zero-order chi connectivity index (χ0) is 23.2. The summed E-state index contributed by atoms with van der Waals surface area (Å²) in [5.41, 5.74) is -0.382. The highest BCUT2D eigenvalue weighted by Crippen LogP contribution is 2.60. The van der Waals surface area contributed by atoms with Crippen LogP contribution < -0.4 is 10.2 Å². The van der Waals surface area contributed by atoms with Gasteiger partial charge in [-0.3, -0.25) is 29.4 Å². The zero-order valence-corrected chi connectivity index (χ0v) is 17.6. The van der Waals surface area contributed by atoms with Crippen LogP contribution in [0.1, 0.15) is 24.0 Å². The summed E-state index contributed by atoms with van der Waals surface area (Å²) in [6, 6.07) is 7.84. The molecule has 6 rings (SSSR count). The first-order valence-electron chi connectivity index (χ1n) is 10.8. The Balaban J connectivity index is 1.54. The van der Waals surface area contributed by atoms with Gasteiger partial charge in [0.2, 0.25) is 17.7 Å². The van der Waals surface area contributed by atoms with Crippen LogP contribution >= 0.6 is 0 Å². The fraction of sp³-hybridized carbons (Fsp3) is 0.348. The molecule has 3 fully saturated rings. The first-order valence-corrected chi connectivity index (χ1v) is 10.8. The summed E-state index contributed by atoms with van der Waals surface area (Å²) >= 11 is 0. The van der Waals surface area contributed by atoms with Crippen LogP contribution in [0.15, 0.2) is 36.4 Å². The molecular formula is C23H19FN4O5. The molecule has 0 bridgehead atoms. The summed E-state index contributed by atoms with van der Waals surface area (Å²) in [5, 5.41) is 14.2. The van der Waals surface area contributed by atoms with E-state index in [4.69, 9.17) is 0 Å². The standard InChI is InChI=1S/C23H19FN4O5/c1-11-4-6-13(10-17(11)28(32)33)27-20(29)18-16-3-2-8-26(16)23(19(18)21(27)30)14-9-12(24)5-7-15(14)25-22(23)31/h4-7,9-10,16,18-19H,2-3,8H2,1H3,(H,25,31). The van der Waals surface area contributed by atoms with E-state index in [1.807, 2.05) is 4.90 Å². The summed E-state index contributed by atoms with van der Waals surface area (Å²) in [6.07, 6.45) is 1.37. The first kappa shape index (κ1) is 20.0. The molecule has 4 aliphatic rings. The topological polar surface area (TPSA) is 113 Å². The number of carbonyl (C=O) groups excluding carboxylic acids is 3. The highest BCUT2D eigenvalue weighted by molar-refractivity contribution is 6.26. The quantitative estimate of drug-likeness (QED) is 0.427. The number of hydrogen-bond acceptors (Lipinski definition) is 6. The number of nitro benzene ring substituents is 1. The Hall–Kier alpha value is -3.66. The minimum Gasteiger partial charge on any atom is -0.324 e. The number of anilines is 2. The molecule has 168 valence electrons. The largest absolute Gasteiger partial charge is 0.324 e. The monoisotopic (exact) mass is 450 g/mol. The van der Waals surface area contributed by atoms with Gasteiger partial charge < -0.3 is 5.32 Å². The Bertz CT molecular complexity index is 1300. The average Bonchev–Trinajstić information content (AvgIpc) is 3.47. The zero-order valence-electron chi connectivity index (χ0n) is 17.6. The number of imide groups is 1. The lowest BCUT2D eigenvalue weighted by molar-refractivity contribution is -0.385. The van der Waals surface area contributed by atoms with Crippen molar-refractivity contribution in [1.29, 1.82) is 0 Å². The van der Waals surface area contributed by atoms with Gasteiger partial charge in [-0.15, -0.1) is 0 Å². The second-order valence-corrected chi connectivity index (χ2v) is 9.06. The van der Waals surface area contributed by atoms with Gasteiger partial charge in [0.05, 0.1) is 22.4 Å². The number of aryl methyl sites for hydroxylation is 1. The minimum absolute atomic E-state index is 0.106. The van der Waals surface area contributed by atoms with E-state index >= 15 is 0 Å². The third-order valence-electron chi connectivity index (χ3n) is 7.60. The Morgan fingerprint density at radius 1 is 1.15 bits per heavy atom. The van der Waals surface area contributed by atoms with Crippen molar-refractivity contribution in [3.8, 4) is 0 Å². The maximum Gasteiger partial charge on any atom is 0.274 e. The molecule has 1 spiro atoms. The van der Waals surface area contributed by atoms with Crippen LogP contribution in [-0.2, 0) is 19.9 Å². The highest BCUT2D eigenvalue weighted by atomic mass is 19.1.